The molecule has 0 saturated carbocycles. The van der Waals surface area contributed by atoms with Crippen LogP contribution in [-0.4, -0.2) is 32.3 Å². The Kier molecular flexibility index (Phi) is 4.57. The molecule has 0 amide bonds. The molecular weight excluding hydrogens is 234 g/mol. The van der Waals surface area contributed by atoms with Gasteiger partial charge in [0.1, 0.15) is 11.5 Å². The summed E-state index contributed by atoms with van der Waals surface area (Å²) in [5, 5.41) is 3.57. The van der Waals surface area contributed by atoms with Crippen molar-refractivity contribution in [1.29, 1.82) is 0 Å². The highest BCUT2D eigenvalue weighted by Gasteiger charge is 2.18. The molecule has 4 heteroatoms. The standard InChI is InChI=1S/C13H19NO2S/c1-15-10-4-5-13(16-2)11(8-10)12-9-17-7-3-6-14-12/h4-5,8,12,14H,3,6-7,9H2,1-2H3. The molecule has 3 nitrogen and oxygen atoms in total. The number of rotatable bonds is 3. The number of benzene rings is 1. The summed E-state index contributed by atoms with van der Waals surface area (Å²) < 4.78 is 10.7. The van der Waals surface area contributed by atoms with Crippen molar-refractivity contribution < 1.29 is 9.47 Å². The van der Waals surface area contributed by atoms with E-state index in [9.17, 15) is 0 Å². The van der Waals surface area contributed by atoms with Crippen LogP contribution in [-0.2, 0) is 0 Å². The molecule has 1 unspecified atom stereocenters. The van der Waals surface area contributed by atoms with Crippen LogP contribution in [0.2, 0.25) is 0 Å². The van der Waals surface area contributed by atoms with Gasteiger partial charge in [-0.2, -0.15) is 11.8 Å². The first kappa shape index (κ1) is 12.6. The lowest BCUT2D eigenvalue weighted by Crippen LogP contribution is -2.23. The van der Waals surface area contributed by atoms with Gasteiger partial charge in [0.25, 0.3) is 0 Å². The van der Waals surface area contributed by atoms with Gasteiger partial charge in [-0.3, -0.25) is 0 Å². The van der Waals surface area contributed by atoms with Crippen LogP contribution in [0.1, 0.15) is 18.0 Å². The molecule has 1 saturated heterocycles. The second-order valence-corrected chi connectivity index (χ2v) is 5.19. The monoisotopic (exact) mass is 253 g/mol. The maximum absolute atomic E-state index is 5.43. The molecule has 1 aromatic carbocycles. The molecule has 0 aromatic heterocycles. The Morgan fingerprint density at radius 2 is 2.18 bits per heavy atom. The minimum Gasteiger partial charge on any atom is -0.497 e. The summed E-state index contributed by atoms with van der Waals surface area (Å²) in [7, 11) is 3.41. The van der Waals surface area contributed by atoms with Crippen molar-refractivity contribution >= 4 is 11.8 Å². The fourth-order valence-electron chi connectivity index (χ4n) is 2.02. The molecule has 0 bridgehead atoms. The van der Waals surface area contributed by atoms with E-state index in [2.05, 4.69) is 11.4 Å². The molecular formula is C13H19NO2S. The first-order valence-electron chi connectivity index (χ1n) is 5.88. The minimum atomic E-state index is 0.354. The SMILES string of the molecule is COc1ccc(OC)c(C2CSCCCN2)c1. The highest BCUT2D eigenvalue weighted by Crippen LogP contribution is 2.32. The zero-order valence-corrected chi connectivity index (χ0v) is 11.2. The predicted octanol–water partition coefficient (Wildman–Crippen LogP) is 2.47. The summed E-state index contributed by atoms with van der Waals surface area (Å²) in [4.78, 5) is 0. The lowest BCUT2D eigenvalue weighted by Gasteiger charge is -2.19. The summed E-state index contributed by atoms with van der Waals surface area (Å²) in [6.07, 6.45) is 1.23. The van der Waals surface area contributed by atoms with Crippen LogP contribution >= 0.6 is 11.8 Å². The van der Waals surface area contributed by atoms with Gasteiger partial charge >= 0.3 is 0 Å². The molecule has 0 radical (unpaired) electrons. The van der Waals surface area contributed by atoms with Crippen molar-refractivity contribution in [3.8, 4) is 11.5 Å². The molecule has 1 atom stereocenters. The third kappa shape index (κ3) is 3.07. The molecule has 1 aliphatic heterocycles. The van der Waals surface area contributed by atoms with Crippen LogP contribution in [0.5, 0.6) is 11.5 Å². The van der Waals surface area contributed by atoms with Crippen molar-refractivity contribution in [2.45, 2.75) is 12.5 Å². The van der Waals surface area contributed by atoms with Crippen LogP contribution in [0.15, 0.2) is 18.2 Å². The third-order valence-corrected chi connectivity index (χ3v) is 4.10. The summed E-state index contributed by atoms with van der Waals surface area (Å²) >= 11 is 1.99. The zero-order valence-electron chi connectivity index (χ0n) is 10.4. The molecule has 1 heterocycles. The smallest absolute Gasteiger partial charge is 0.123 e. The maximum Gasteiger partial charge on any atom is 0.123 e. The van der Waals surface area contributed by atoms with Crippen molar-refractivity contribution in [3.63, 3.8) is 0 Å². The topological polar surface area (TPSA) is 30.5 Å². The number of methoxy groups -OCH3 is 2. The lowest BCUT2D eigenvalue weighted by molar-refractivity contribution is 0.392. The second kappa shape index (κ2) is 6.17. The summed E-state index contributed by atoms with van der Waals surface area (Å²) in [6, 6.07) is 6.34. The van der Waals surface area contributed by atoms with E-state index in [0.29, 0.717) is 6.04 Å². The van der Waals surface area contributed by atoms with Crippen LogP contribution in [0.4, 0.5) is 0 Å². The Morgan fingerprint density at radius 1 is 1.29 bits per heavy atom. The van der Waals surface area contributed by atoms with E-state index >= 15 is 0 Å². The van der Waals surface area contributed by atoms with E-state index in [1.807, 2.05) is 23.9 Å². The molecule has 94 valence electrons. The first-order chi connectivity index (χ1) is 8.35. The van der Waals surface area contributed by atoms with Crippen molar-refractivity contribution in [2.75, 3.05) is 32.3 Å². The zero-order chi connectivity index (χ0) is 12.1. The second-order valence-electron chi connectivity index (χ2n) is 4.04. The van der Waals surface area contributed by atoms with E-state index < -0.39 is 0 Å². The van der Waals surface area contributed by atoms with Gasteiger partial charge in [-0.25, -0.2) is 0 Å². The molecule has 1 aliphatic rings. The Labute approximate surface area is 107 Å². The van der Waals surface area contributed by atoms with Crippen LogP contribution in [0, 0.1) is 0 Å². The van der Waals surface area contributed by atoms with Gasteiger partial charge in [-0.05, 0) is 36.9 Å². The molecule has 0 aliphatic carbocycles. The lowest BCUT2D eigenvalue weighted by atomic mass is 10.1. The number of hydrogen-bond acceptors (Lipinski definition) is 4. The van der Waals surface area contributed by atoms with Gasteiger partial charge in [-0.15, -0.1) is 0 Å². The Balaban J connectivity index is 2.26. The molecule has 1 aromatic rings. The summed E-state index contributed by atoms with van der Waals surface area (Å²) in [6.45, 7) is 1.07. The average molecular weight is 253 g/mol. The normalized spacial score (nSPS) is 20.7. The van der Waals surface area contributed by atoms with Gasteiger partial charge in [0.15, 0.2) is 0 Å². The Morgan fingerprint density at radius 3 is 2.94 bits per heavy atom. The number of hydrogen-bond donors (Lipinski definition) is 1. The predicted molar refractivity (Wildman–Crippen MR) is 72.2 cm³/mol. The van der Waals surface area contributed by atoms with Crippen molar-refractivity contribution in [2.24, 2.45) is 0 Å². The van der Waals surface area contributed by atoms with Gasteiger partial charge < -0.3 is 14.8 Å². The van der Waals surface area contributed by atoms with Crippen LogP contribution in [0.25, 0.3) is 0 Å². The van der Waals surface area contributed by atoms with E-state index in [0.717, 1.165) is 23.8 Å². The third-order valence-electron chi connectivity index (χ3n) is 2.95. The van der Waals surface area contributed by atoms with E-state index in [-0.39, 0.29) is 0 Å². The molecule has 1 N–H and O–H groups in total. The van der Waals surface area contributed by atoms with E-state index in [4.69, 9.17) is 9.47 Å². The number of nitrogens with one attached hydrogen (secondary N) is 1. The fourth-order valence-corrected chi connectivity index (χ4v) is 3.07. The highest BCUT2D eigenvalue weighted by atomic mass is 32.2. The Hall–Kier alpha value is -0.870. The van der Waals surface area contributed by atoms with Crippen molar-refractivity contribution in [3.05, 3.63) is 23.8 Å². The summed E-state index contributed by atoms with van der Waals surface area (Å²) in [5.74, 6) is 4.14. The summed E-state index contributed by atoms with van der Waals surface area (Å²) in [5.41, 5.74) is 1.20. The van der Waals surface area contributed by atoms with Crippen molar-refractivity contribution in [1.82, 2.24) is 5.32 Å². The fraction of sp³-hybridized carbons (Fsp3) is 0.538. The van der Waals surface area contributed by atoms with Gasteiger partial charge in [0.2, 0.25) is 0 Å². The van der Waals surface area contributed by atoms with E-state index in [1.165, 1.54) is 17.7 Å². The first-order valence-corrected chi connectivity index (χ1v) is 7.03. The molecule has 1 fully saturated rings. The van der Waals surface area contributed by atoms with Crippen LogP contribution in [0.3, 0.4) is 0 Å². The molecule has 0 spiro atoms. The maximum atomic E-state index is 5.43. The quantitative estimate of drug-likeness (QED) is 0.896. The number of ether oxygens (including phenoxy) is 2. The largest absolute Gasteiger partial charge is 0.497 e. The van der Waals surface area contributed by atoms with Crippen LogP contribution < -0.4 is 14.8 Å². The molecule has 2 rings (SSSR count). The van der Waals surface area contributed by atoms with E-state index in [1.54, 1.807) is 14.2 Å². The molecule has 17 heavy (non-hydrogen) atoms. The Bertz CT molecular complexity index is 362. The van der Waals surface area contributed by atoms with Gasteiger partial charge in [-0.1, -0.05) is 0 Å². The highest BCUT2D eigenvalue weighted by molar-refractivity contribution is 7.99. The minimum absolute atomic E-state index is 0.354. The average Bonchev–Trinajstić information content (AvgIpc) is 2.66. The number of thioether (sulfide) groups is 1. The van der Waals surface area contributed by atoms with Gasteiger partial charge in [0, 0.05) is 17.4 Å². The van der Waals surface area contributed by atoms with Gasteiger partial charge in [0.05, 0.1) is 14.2 Å².